The number of nitrogen functional groups attached to an aromatic ring is 1. The minimum atomic E-state index is -4.99. The van der Waals surface area contributed by atoms with E-state index < -0.39 is 36.7 Å². The molecule has 1 aliphatic heterocycles. The number of anilines is 1. The molecule has 9 nitrogen and oxygen atoms in total. The molecule has 6 N–H and O–H groups in total. The Bertz CT molecular complexity index is 709. The van der Waals surface area contributed by atoms with Crippen molar-refractivity contribution in [2.45, 2.75) is 50.9 Å². The second-order valence-corrected chi connectivity index (χ2v) is 5.54. The molecule has 0 spiro atoms. The first kappa shape index (κ1) is 22.0. The highest BCUT2D eigenvalue weighted by Gasteiger charge is 2.68. The number of nitrogens with two attached hydrogens (primary N) is 1. The predicted octanol–water partition coefficient (Wildman–Crippen LogP) is -0.197. The fourth-order valence-corrected chi connectivity index (χ4v) is 2.39. The number of ether oxygens (including phenoxy) is 1. The fourth-order valence-electron chi connectivity index (χ4n) is 2.39. The van der Waals surface area contributed by atoms with Crippen LogP contribution < -0.4 is 11.3 Å². The molecule has 148 valence electrons. The quantitative estimate of drug-likeness (QED) is 0.444. The van der Waals surface area contributed by atoms with Gasteiger partial charge in [-0.3, -0.25) is 14.8 Å². The normalized spacial score (nSPS) is 28.9. The minimum absolute atomic E-state index is 0.118. The number of hydrogen-bond acceptors (Lipinski definition) is 8. The van der Waals surface area contributed by atoms with E-state index in [-0.39, 0.29) is 11.5 Å². The zero-order valence-corrected chi connectivity index (χ0v) is 14.3. The Hall–Kier alpha value is -2.02. The molecule has 0 bridgehead atoms. The molecule has 2 rings (SSSR count). The van der Waals surface area contributed by atoms with E-state index in [1.807, 2.05) is 0 Å². The Morgan fingerprint density at radius 3 is 2.42 bits per heavy atom. The van der Waals surface area contributed by atoms with Gasteiger partial charge in [0.1, 0.15) is 17.9 Å². The maximum absolute atomic E-state index is 12.4. The lowest BCUT2D eigenvalue weighted by Gasteiger charge is -2.31. The molecule has 1 aliphatic rings. The number of aromatic nitrogens is 2. The number of aliphatic hydroxyl groups is 3. The highest BCUT2D eigenvalue weighted by molar-refractivity contribution is 5.61. The monoisotopic (exact) mass is 382 g/mol. The number of H-pyrrole nitrogens is 1. The Morgan fingerprint density at radius 1 is 1.50 bits per heavy atom. The van der Waals surface area contributed by atoms with Crippen LogP contribution in [0.3, 0.4) is 0 Å². The van der Waals surface area contributed by atoms with Crippen LogP contribution in [0.25, 0.3) is 0 Å². The second kappa shape index (κ2) is 8.12. The van der Waals surface area contributed by atoms with Gasteiger partial charge in [0.25, 0.3) is 5.56 Å². The molecule has 26 heavy (non-hydrogen) atoms. The lowest BCUT2D eigenvalue weighted by Crippen LogP contribution is -2.58. The van der Waals surface area contributed by atoms with Crippen molar-refractivity contribution in [3.8, 4) is 0 Å². The molecule has 0 aliphatic carbocycles. The first-order chi connectivity index (χ1) is 11.9. The van der Waals surface area contributed by atoms with Crippen LogP contribution in [-0.4, -0.2) is 68.2 Å². The molecule has 1 aromatic heterocycles. The van der Waals surface area contributed by atoms with Gasteiger partial charge in [0, 0.05) is 6.21 Å². The lowest BCUT2D eigenvalue weighted by molar-refractivity contribution is -0.291. The molecule has 0 radical (unpaired) electrons. The summed E-state index contributed by atoms with van der Waals surface area (Å²) < 4.78 is 41.7. The van der Waals surface area contributed by atoms with Crippen LogP contribution in [0.4, 0.5) is 24.8 Å². The number of nitrogens with one attached hydrogen (secondary N) is 1. The van der Waals surface area contributed by atoms with Gasteiger partial charge in [-0.15, -0.1) is 0 Å². The maximum atomic E-state index is 12.4. The molecule has 12 heteroatoms. The van der Waals surface area contributed by atoms with Crippen molar-refractivity contribution in [3.05, 3.63) is 16.0 Å². The van der Waals surface area contributed by atoms with Crippen molar-refractivity contribution in [3.63, 3.8) is 0 Å². The van der Waals surface area contributed by atoms with Crippen LogP contribution >= 0.6 is 0 Å². The number of aryl methyl sites for hydroxylation is 1. The largest absolute Gasteiger partial charge is 0.422 e. The van der Waals surface area contributed by atoms with Gasteiger partial charge in [-0.25, -0.2) is 4.98 Å². The van der Waals surface area contributed by atoms with E-state index in [1.54, 1.807) is 13.8 Å². The molecule has 0 aromatic carbocycles. The summed E-state index contributed by atoms with van der Waals surface area (Å²) >= 11 is 0. The zero-order valence-electron chi connectivity index (χ0n) is 14.3. The number of hydrogen-bond donors (Lipinski definition) is 5. The molecule has 0 amide bonds. The van der Waals surface area contributed by atoms with Gasteiger partial charge >= 0.3 is 6.18 Å². The van der Waals surface area contributed by atoms with Crippen LogP contribution in [0.15, 0.2) is 9.79 Å². The number of aromatic amines is 1. The molecule has 4 unspecified atom stereocenters. The molecule has 1 fully saturated rings. The smallest absolute Gasteiger partial charge is 0.394 e. The Kier molecular flexibility index (Phi) is 6.88. The highest BCUT2D eigenvalue weighted by atomic mass is 19.4. The van der Waals surface area contributed by atoms with Crippen LogP contribution in [0, 0.1) is 6.92 Å². The van der Waals surface area contributed by atoms with E-state index in [0.29, 0.717) is 11.4 Å². The van der Waals surface area contributed by atoms with Crippen LogP contribution in [0.2, 0.25) is 0 Å². The van der Waals surface area contributed by atoms with Gasteiger partial charge in [-0.1, -0.05) is 0 Å². The standard InChI is InChI=1S/C7H11F3O4.C7H10N4O/c1-3-6(13,7(8,9)10)5(12)4(2-11)14-3;1-3-9-5-4(2)10-7(8)11-6(5)12/h3-5,11-13H,2H2,1H3;3H,1-2H3,(H3,8,10,11,12). The van der Waals surface area contributed by atoms with Crippen molar-refractivity contribution in [2.24, 2.45) is 4.99 Å². The van der Waals surface area contributed by atoms with Gasteiger partial charge in [-0.05, 0) is 20.8 Å². The average molecular weight is 382 g/mol. The molecule has 1 aromatic rings. The third kappa shape index (κ3) is 4.20. The van der Waals surface area contributed by atoms with Gasteiger partial charge in [0.05, 0.1) is 18.4 Å². The number of alkyl halides is 3. The topological polar surface area (TPSA) is 154 Å². The highest BCUT2D eigenvalue weighted by Crippen LogP contribution is 2.43. The summed E-state index contributed by atoms with van der Waals surface area (Å²) in [5.41, 5.74) is 2.54. The first-order valence-electron chi connectivity index (χ1n) is 7.48. The molecule has 4 atom stereocenters. The number of halogens is 3. The lowest BCUT2D eigenvalue weighted by atomic mass is 9.91. The Balaban J connectivity index is 0.000000263. The summed E-state index contributed by atoms with van der Waals surface area (Å²) in [7, 11) is 0. The maximum Gasteiger partial charge on any atom is 0.422 e. The number of rotatable bonds is 2. The van der Waals surface area contributed by atoms with Crippen LogP contribution in [0.5, 0.6) is 0 Å². The Labute approximate surface area is 146 Å². The molecular weight excluding hydrogens is 361 g/mol. The number of aliphatic hydroxyl groups excluding tert-OH is 2. The summed E-state index contributed by atoms with van der Waals surface area (Å²) in [5.74, 6) is 0.118. The van der Waals surface area contributed by atoms with E-state index in [0.717, 1.165) is 6.92 Å². The second-order valence-electron chi connectivity index (χ2n) is 5.54. The average Bonchev–Trinajstić information content (AvgIpc) is 2.76. The van der Waals surface area contributed by atoms with Crippen molar-refractivity contribution >= 4 is 17.9 Å². The number of nitrogens with zero attached hydrogens (tertiary/aromatic N) is 2. The number of aliphatic imine (C=N–C) groups is 1. The van der Waals surface area contributed by atoms with Gasteiger partial charge < -0.3 is 25.8 Å². The van der Waals surface area contributed by atoms with Crippen molar-refractivity contribution in [2.75, 3.05) is 12.3 Å². The van der Waals surface area contributed by atoms with Gasteiger partial charge in [0.2, 0.25) is 11.5 Å². The third-order valence-electron chi connectivity index (χ3n) is 3.78. The van der Waals surface area contributed by atoms with Crippen LogP contribution in [-0.2, 0) is 4.74 Å². The summed E-state index contributed by atoms with van der Waals surface area (Å²) in [4.78, 5) is 21.2. The summed E-state index contributed by atoms with van der Waals surface area (Å²) in [5, 5.41) is 27.0. The van der Waals surface area contributed by atoms with E-state index in [9.17, 15) is 23.1 Å². The zero-order chi connectivity index (χ0) is 20.3. The molecule has 0 saturated carbocycles. The Morgan fingerprint density at radius 2 is 2.08 bits per heavy atom. The van der Waals surface area contributed by atoms with E-state index in [2.05, 4.69) is 19.7 Å². The summed E-state index contributed by atoms with van der Waals surface area (Å²) in [6.07, 6.45) is -8.63. The van der Waals surface area contributed by atoms with Crippen molar-refractivity contribution in [1.29, 1.82) is 0 Å². The van der Waals surface area contributed by atoms with E-state index >= 15 is 0 Å². The third-order valence-corrected chi connectivity index (χ3v) is 3.78. The van der Waals surface area contributed by atoms with Crippen LogP contribution in [0.1, 0.15) is 19.5 Å². The van der Waals surface area contributed by atoms with Crippen molar-refractivity contribution < 1.29 is 33.2 Å². The fraction of sp³-hybridized carbons (Fsp3) is 0.643. The predicted molar refractivity (Wildman–Crippen MR) is 86.3 cm³/mol. The van der Waals surface area contributed by atoms with Gasteiger partial charge in [-0.2, -0.15) is 13.2 Å². The first-order valence-corrected chi connectivity index (χ1v) is 7.48. The summed E-state index contributed by atoms with van der Waals surface area (Å²) in [6, 6.07) is 0. The van der Waals surface area contributed by atoms with E-state index in [1.165, 1.54) is 6.21 Å². The van der Waals surface area contributed by atoms with E-state index in [4.69, 9.17) is 15.9 Å². The minimum Gasteiger partial charge on any atom is -0.394 e. The molecule has 1 saturated heterocycles. The summed E-state index contributed by atoms with van der Waals surface area (Å²) in [6.45, 7) is 3.64. The van der Waals surface area contributed by atoms with Gasteiger partial charge in [0.15, 0.2) is 0 Å². The SMILES string of the molecule is CC1OC(CO)C(O)C1(O)C(F)(F)F.CC=Nc1c(C)nc(N)[nH]c1=O. The molecule has 2 heterocycles. The van der Waals surface area contributed by atoms with Crippen molar-refractivity contribution in [1.82, 2.24) is 9.97 Å². The molecular formula is C14H21F3N4O5.